The molecule has 0 N–H and O–H groups in total. The highest BCUT2D eigenvalue weighted by atomic mass is 32.2. The van der Waals surface area contributed by atoms with E-state index in [2.05, 4.69) is 4.98 Å². The van der Waals surface area contributed by atoms with Gasteiger partial charge in [0, 0.05) is 57.4 Å². The van der Waals surface area contributed by atoms with Crippen LogP contribution in [-0.4, -0.2) is 100 Å². The van der Waals surface area contributed by atoms with E-state index in [0.717, 1.165) is 24.9 Å². The molecule has 39 heavy (non-hydrogen) atoms. The summed E-state index contributed by atoms with van der Waals surface area (Å²) in [5, 5.41) is 0. The lowest BCUT2D eigenvalue weighted by molar-refractivity contribution is -0.137. The Bertz CT molecular complexity index is 1290. The number of hydrogen-bond acceptors (Lipinski definition) is 9. The number of nitrogens with zero attached hydrogens (tertiary/aromatic N) is 4. The summed E-state index contributed by atoms with van der Waals surface area (Å²) < 4.78 is 50.8. The molecular formula is C27H34N4O7S. The Labute approximate surface area is 228 Å². The van der Waals surface area contributed by atoms with Crippen LogP contribution < -0.4 is 14.4 Å². The van der Waals surface area contributed by atoms with Gasteiger partial charge in [0.05, 0.1) is 43.9 Å². The molecule has 4 aliphatic rings. The number of anilines is 2. The minimum absolute atomic E-state index is 0.0448. The van der Waals surface area contributed by atoms with E-state index in [9.17, 15) is 13.2 Å². The molecule has 1 aromatic heterocycles. The van der Waals surface area contributed by atoms with E-state index >= 15 is 0 Å². The van der Waals surface area contributed by atoms with Gasteiger partial charge in [-0.25, -0.2) is 8.42 Å². The summed E-state index contributed by atoms with van der Waals surface area (Å²) in [7, 11) is -3.68. The summed E-state index contributed by atoms with van der Waals surface area (Å²) >= 11 is 0. The van der Waals surface area contributed by atoms with Crippen molar-refractivity contribution < 1.29 is 32.2 Å². The van der Waals surface area contributed by atoms with E-state index in [1.165, 1.54) is 10.5 Å². The fraction of sp³-hybridized carbons (Fsp3) is 0.556. The first-order valence-electron chi connectivity index (χ1n) is 13.6. The molecule has 3 fully saturated rings. The van der Waals surface area contributed by atoms with Crippen molar-refractivity contribution in [2.45, 2.75) is 30.3 Å². The fourth-order valence-electron chi connectivity index (χ4n) is 5.59. The number of carbonyl (C=O) groups is 1. The van der Waals surface area contributed by atoms with Gasteiger partial charge in [0.2, 0.25) is 15.9 Å². The first kappa shape index (κ1) is 26.3. The normalized spacial score (nSPS) is 22.8. The molecule has 12 heteroatoms. The van der Waals surface area contributed by atoms with Crippen LogP contribution in [0.1, 0.15) is 19.3 Å². The van der Waals surface area contributed by atoms with Crippen molar-refractivity contribution in [2.24, 2.45) is 5.92 Å². The smallest absolute Gasteiger partial charge is 0.244 e. The van der Waals surface area contributed by atoms with Crippen LogP contribution in [0.4, 0.5) is 11.4 Å². The van der Waals surface area contributed by atoms with Crippen molar-refractivity contribution in [1.82, 2.24) is 14.2 Å². The lowest BCUT2D eigenvalue weighted by atomic mass is 9.99. The number of rotatable bonds is 6. The molecule has 11 nitrogen and oxygen atoms in total. The third kappa shape index (κ3) is 5.56. The lowest BCUT2D eigenvalue weighted by Crippen LogP contribution is -2.40. The Hall–Kier alpha value is -2.93. The molecule has 1 aromatic carbocycles. The first-order chi connectivity index (χ1) is 19.0. The maximum Gasteiger partial charge on any atom is 0.244 e. The summed E-state index contributed by atoms with van der Waals surface area (Å²) in [6.45, 7) is 4.97. The number of ether oxygens (including phenoxy) is 4. The lowest BCUT2D eigenvalue weighted by Gasteiger charge is -2.32. The Morgan fingerprint density at radius 3 is 2.54 bits per heavy atom. The molecule has 3 saturated heterocycles. The predicted molar refractivity (Wildman–Crippen MR) is 142 cm³/mol. The van der Waals surface area contributed by atoms with Crippen LogP contribution in [-0.2, 0) is 24.3 Å². The average molecular weight is 559 g/mol. The van der Waals surface area contributed by atoms with Crippen molar-refractivity contribution in [1.29, 1.82) is 0 Å². The highest BCUT2D eigenvalue weighted by Crippen LogP contribution is 2.40. The summed E-state index contributed by atoms with van der Waals surface area (Å²) in [4.78, 5) is 21.3. The zero-order chi connectivity index (χ0) is 26.8. The number of morpholine rings is 1. The number of sulfonamides is 1. The zero-order valence-corrected chi connectivity index (χ0v) is 22.7. The van der Waals surface area contributed by atoms with E-state index in [1.54, 1.807) is 12.3 Å². The molecule has 0 spiro atoms. The number of likely N-dealkylation sites (tertiary alicyclic amines) is 1. The molecule has 2 aromatic rings. The number of amides is 1. The molecule has 210 valence electrons. The maximum atomic E-state index is 13.2. The van der Waals surface area contributed by atoms with Crippen LogP contribution in [0, 0.1) is 5.92 Å². The molecule has 4 aliphatic heterocycles. The standard InChI is InChI=1S/C27H34N4O7S/c32-27(20-4-10-35-11-5-20)29-6-3-23(19-29)38-22-1-2-26-25(16-22)31(9-14-37-26)21-15-24(18-28-17-21)39(33,34)30-7-12-36-13-8-30/h1-2,15-18,20,23H,3-14,19H2. The van der Waals surface area contributed by atoms with Gasteiger partial charge in [0.25, 0.3) is 0 Å². The summed E-state index contributed by atoms with van der Waals surface area (Å²) in [5.41, 5.74) is 1.45. The summed E-state index contributed by atoms with van der Waals surface area (Å²) in [6.07, 6.45) is 5.31. The molecule has 0 aliphatic carbocycles. The first-order valence-corrected chi connectivity index (χ1v) is 15.0. The van der Waals surface area contributed by atoms with Gasteiger partial charge in [-0.2, -0.15) is 4.31 Å². The van der Waals surface area contributed by atoms with Gasteiger partial charge < -0.3 is 28.7 Å². The second-order valence-electron chi connectivity index (χ2n) is 10.2. The van der Waals surface area contributed by atoms with Crippen molar-refractivity contribution in [3.63, 3.8) is 0 Å². The Balaban J connectivity index is 1.17. The Morgan fingerprint density at radius 1 is 0.923 bits per heavy atom. The minimum atomic E-state index is -3.68. The van der Waals surface area contributed by atoms with Gasteiger partial charge in [0.15, 0.2) is 0 Å². The van der Waals surface area contributed by atoms with Crippen molar-refractivity contribution >= 4 is 27.3 Å². The maximum absolute atomic E-state index is 13.2. The molecule has 1 amide bonds. The van der Waals surface area contributed by atoms with E-state index in [4.69, 9.17) is 18.9 Å². The molecule has 0 saturated carbocycles. The summed E-state index contributed by atoms with van der Waals surface area (Å²) in [6, 6.07) is 7.33. The van der Waals surface area contributed by atoms with Crippen LogP contribution in [0.2, 0.25) is 0 Å². The number of benzene rings is 1. The monoisotopic (exact) mass is 558 g/mol. The van der Waals surface area contributed by atoms with Crippen LogP contribution in [0.25, 0.3) is 0 Å². The second-order valence-corrected chi connectivity index (χ2v) is 12.2. The van der Waals surface area contributed by atoms with Crippen LogP contribution in [0.5, 0.6) is 11.5 Å². The van der Waals surface area contributed by atoms with Gasteiger partial charge in [-0.15, -0.1) is 0 Å². The van der Waals surface area contributed by atoms with E-state index < -0.39 is 10.0 Å². The third-order valence-electron chi connectivity index (χ3n) is 7.74. The molecule has 5 heterocycles. The van der Waals surface area contributed by atoms with Crippen LogP contribution in [0.15, 0.2) is 41.6 Å². The topological polar surface area (TPSA) is 111 Å². The third-order valence-corrected chi connectivity index (χ3v) is 9.61. The highest BCUT2D eigenvalue weighted by Gasteiger charge is 2.33. The number of carbonyl (C=O) groups excluding carboxylic acids is 1. The number of aromatic nitrogens is 1. The molecule has 6 rings (SSSR count). The number of fused-ring (bicyclic) bond motifs is 1. The molecule has 1 unspecified atom stereocenters. The predicted octanol–water partition coefficient (Wildman–Crippen LogP) is 2.04. The van der Waals surface area contributed by atoms with Crippen molar-refractivity contribution in [3.8, 4) is 11.5 Å². The van der Waals surface area contributed by atoms with Crippen molar-refractivity contribution in [2.75, 3.05) is 70.7 Å². The minimum Gasteiger partial charge on any atom is -0.490 e. The number of pyridine rings is 1. The van der Waals surface area contributed by atoms with E-state index in [0.29, 0.717) is 82.9 Å². The van der Waals surface area contributed by atoms with E-state index in [1.807, 2.05) is 28.0 Å². The fourth-order valence-corrected chi connectivity index (χ4v) is 6.98. The van der Waals surface area contributed by atoms with Gasteiger partial charge >= 0.3 is 0 Å². The van der Waals surface area contributed by atoms with E-state index in [-0.39, 0.29) is 22.8 Å². The van der Waals surface area contributed by atoms with Gasteiger partial charge in [-0.1, -0.05) is 0 Å². The quantitative estimate of drug-likeness (QED) is 0.526. The second kappa shape index (κ2) is 11.3. The number of hydrogen-bond donors (Lipinski definition) is 0. The van der Waals surface area contributed by atoms with Gasteiger partial charge in [-0.3, -0.25) is 9.78 Å². The van der Waals surface area contributed by atoms with Gasteiger partial charge in [-0.05, 0) is 31.0 Å². The Morgan fingerprint density at radius 2 is 1.72 bits per heavy atom. The molecule has 0 bridgehead atoms. The van der Waals surface area contributed by atoms with Crippen LogP contribution >= 0.6 is 0 Å². The molecule has 0 radical (unpaired) electrons. The SMILES string of the molecule is O=C(C1CCOCC1)N1CCC(Oc2ccc3c(c2)N(c2cncc(S(=O)(=O)N4CCOCC4)c2)CCO3)C1. The highest BCUT2D eigenvalue weighted by molar-refractivity contribution is 7.89. The Kier molecular flexibility index (Phi) is 7.61. The molecular weight excluding hydrogens is 524 g/mol. The van der Waals surface area contributed by atoms with Crippen molar-refractivity contribution in [3.05, 3.63) is 36.7 Å². The molecule has 1 atom stereocenters. The zero-order valence-electron chi connectivity index (χ0n) is 21.9. The largest absolute Gasteiger partial charge is 0.490 e. The average Bonchev–Trinajstić information content (AvgIpc) is 3.46. The summed E-state index contributed by atoms with van der Waals surface area (Å²) in [5.74, 6) is 1.62. The van der Waals surface area contributed by atoms with Crippen LogP contribution in [0.3, 0.4) is 0 Å². The van der Waals surface area contributed by atoms with Gasteiger partial charge in [0.1, 0.15) is 29.1 Å².